The van der Waals surface area contributed by atoms with E-state index in [4.69, 9.17) is 16.7 Å². The molecule has 2 aromatic rings. The molecule has 0 radical (unpaired) electrons. The summed E-state index contributed by atoms with van der Waals surface area (Å²) in [5, 5.41) is 13.7. The fraction of sp³-hybridized carbons (Fsp3) is 0.560. The van der Waals surface area contributed by atoms with Crippen molar-refractivity contribution in [2.45, 2.75) is 56.8 Å². The molecule has 1 N–H and O–H groups in total. The lowest BCUT2D eigenvalue weighted by molar-refractivity contribution is 0.0585. The van der Waals surface area contributed by atoms with Gasteiger partial charge in [0.05, 0.1) is 0 Å². The van der Waals surface area contributed by atoms with Crippen molar-refractivity contribution in [3.63, 3.8) is 0 Å². The summed E-state index contributed by atoms with van der Waals surface area (Å²) < 4.78 is 14.9. The van der Waals surface area contributed by atoms with Crippen molar-refractivity contribution >= 4 is 29.3 Å². The Balaban J connectivity index is 1.27. The number of carboxylic acid groups (broad SMARTS) is 1. The van der Waals surface area contributed by atoms with Gasteiger partial charge in [-0.05, 0) is 68.8 Å². The maximum Gasteiger partial charge on any atom is 0.356 e. The first kappa shape index (κ1) is 24.1. The predicted octanol–water partition coefficient (Wildman–Crippen LogP) is 4.27. The van der Waals surface area contributed by atoms with Crippen LogP contribution in [0.4, 0.5) is 14.9 Å². The van der Waals surface area contributed by atoms with Crippen LogP contribution in [0.3, 0.4) is 0 Å². The van der Waals surface area contributed by atoms with E-state index in [2.05, 4.69) is 21.0 Å². The van der Waals surface area contributed by atoms with Crippen molar-refractivity contribution in [1.82, 2.24) is 19.6 Å². The third-order valence-corrected chi connectivity index (χ3v) is 8.12. The Labute approximate surface area is 209 Å². The van der Waals surface area contributed by atoms with Gasteiger partial charge in [-0.1, -0.05) is 17.7 Å². The number of alkyl halides is 1. The van der Waals surface area contributed by atoms with E-state index in [1.54, 1.807) is 4.90 Å². The van der Waals surface area contributed by atoms with E-state index in [1.165, 1.54) is 17.8 Å². The number of amides is 1. The maximum absolute atomic E-state index is 13.7. The molecule has 3 aliphatic heterocycles. The number of benzene rings is 1. The van der Waals surface area contributed by atoms with Crippen LogP contribution in [0.5, 0.6) is 0 Å². The Hall–Kier alpha value is -2.65. The summed E-state index contributed by atoms with van der Waals surface area (Å²) in [6.45, 7) is 4.42. The van der Waals surface area contributed by atoms with Gasteiger partial charge < -0.3 is 14.9 Å². The van der Waals surface area contributed by atoms with Gasteiger partial charge in [0.2, 0.25) is 0 Å². The van der Waals surface area contributed by atoms with Crippen molar-refractivity contribution < 1.29 is 19.1 Å². The zero-order chi connectivity index (χ0) is 24.6. The highest BCUT2D eigenvalue weighted by Crippen LogP contribution is 2.41. The number of hydrogen-bond donors (Lipinski definition) is 1. The number of likely N-dealkylation sites (tertiary alicyclic amines) is 2. The molecule has 0 aliphatic carbocycles. The van der Waals surface area contributed by atoms with Crippen LogP contribution in [-0.2, 0) is 6.54 Å². The van der Waals surface area contributed by atoms with Gasteiger partial charge in [0, 0.05) is 55.2 Å². The minimum Gasteiger partial charge on any atom is -0.476 e. The summed E-state index contributed by atoms with van der Waals surface area (Å²) in [7, 11) is 0. The van der Waals surface area contributed by atoms with E-state index in [9.17, 15) is 14.0 Å². The number of hydrogen-bond acceptors (Lipinski definition) is 5. The summed E-state index contributed by atoms with van der Waals surface area (Å²) in [6, 6.07) is 7.09. The summed E-state index contributed by atoms with van der Waals surface area (Å²) in [4.78, 5) is 30.5. The molecule has 5 rings (SSSR count). The highest BCUT2D eigenvalue weighted by atomic mass is 35.5. The largest absolute Gasteiger partial charge is 0.476 e. The third kappa shape index (κ3) is 4.89. The molecule has 10 heteroatoms. The monoisotopic (exact) mass is 503 g/mol. The number of aromatic carboxylic acids is 1. The summed E-state index contributed by atoms with van der Waals surface area (Å²) in [6.07, 6.45) is 5.72. The Kier molecular flexibility index (Phi) is 6.72. The van der Waals surface area contributed by atoms with Crippen LogP contribution in [0.15, 0.2) is 30.5 Å². The van der Waals surface area contributed by atoms with Gasteiger partial charge in [-0.2, -0.15) is 9.78 Å². The Morgan fingerprint density at radius 1 is 1.09 bits per heavy atom. The predicted molar refractivity (Wildman–Crippen MR) is 131 cm³/mol. The first-order chi connectivity index (χ1) is 16.8. The van der Waals surface area contributed by atoms with Crippen molar-refractivity contribution in [1.29, 1.82) is 0 Å². The second kappa shape index (κ2) is 9.78. The van der Waals surface area contributed by atoms with Crippen LogP contribution in [0.1, 0.15) is 54.6 Å². The normalized spacial score (nSPS) is 21.1. The molecule has 1 amide bonds. The van der Waals surface area contributed by atoms with Gasteiger partial charge in [0.25, 0.3) is 0 Å². The van der Waals surface area contributed by atoms with Gasteiger partial charge in [-0.3, -0.25) is 4.90 Å². The number of nitrogens with zero attached hydrogens (tertiary/aromatic N) is 5. The molecule has 3 fully saturated rings. The highest BCUT2D eigenvalue weighted by Gasteiger charge is 2.44. The fourth-order valence-corrected chi connectivity index (χ4v) is 6.04. The molecule has 35 heavy (non-hydrogen) atoms. The van der Waals surface area contributed by atoms with Gasteiger partial charge in [0.15, 0.2) is 5.69 Å². The number of aromatic nitrogens is 2. The summed E-state index contributed by atoms with van der Waals surface area (Å²) in [5.41, 5.74) is 2.22. The summed E-state index contributed by atoms with van der Waals surface area (Å²) in [5.74, 6) is -1.15. The topological polar surface area (TPSA) is 81.9 Å². The molecular weight excluding hydrogens is 473 g/mol. The highest BCUT2D eigenvalue weighted by molar-refractivity contribution is 6.30. The number of halogens is 2. The van der Waals surface area contributed by atoms with Crippen LogP contribution < -0.4 is 4.90 Å². The number of carbonyl (C=O) groups is 2. The van der Waals surface area contributed by atoms with Crippen LogP contribution >= 0.6 is 11.6 Å². The average molecular weight is 504 g/mol. The minimum absolute atomic E-state index is 0.0377. The molecule has 1 spiro atoms. The lowest BCUT2D eigenvalue weighted by Gasteiger charge is -2.45. The summed E-state index contributed by atoms with van der Waals surface area (Å²) >= 11 is 6.35. The van der Waals surface area contributed by atoms with Crippen LogP contribution in [0.25, 0.3) is 0 Å². The molecule has 0 atom stereocenters. The first-order valence-electron chi connectivity index (χ1n) is 12.4. The van der Waals surface area contributed by atoms with Crippen molar-refractivity contribution in [2.75, 3.05) is 37.6 Å². The Bertz CT molecular complexity index is 1090. The quantitative estimate of drug-likeness (QED) is 0.671. The molecule has 0 bridgehead atoms. The number of piperidine rings is 2. The van der Waals surface area contributed by atoms with Crippen LogP contribution in [-0.4, -0.2) is 81.1 Å². The molecular formula is C25H31ClFN5O3. The Morgan fingerprint density at radius 2 is 1.83 bits per heavy atom. The number of carboxylic acids is 1. The lowest BCUT2D eigenvalue weighted by Crippen LogP contribution is -2.53. The number of rotatable bonds is 4. The minimum atomic E-state index is -1.15. The molecule has 8 nitrogen and oxygen atoms in total. The molecule has 0 unspecified atom stereocenters. The van der Waals surface area contributed by atoms with Crippen molar-refractivity contribution in [2.24, 2.45) is 0 Å². The maximum atomic E-state index is 13.7. The SMILES string of the molecule is O=C(O)c1ccn(C(=O)N2CCC3(CCCN3Cc3ccc(Cl)cc3N3CCC(F)CC3)CC2)n1. The zero-order valence-corrected chi connectivity index (χ0v) is 20.5. The van der Waals surface area contributed by atoms with Crippen molar-refractivity contribution in [3.05, 3.63) is 46.7 Å². The molecule has 0 saturated carbocycles. The molecule has 1 aromatic heterocycles. The van der Waals surface area contributed by atoms with Crippen LogP contribution in [0, 0.1) is 0 Å². The zero-order valence-electron chi connectivity index (χ0n) is 19.7. The first-order valence-corrected chi connectivity index (χ1v) is 12.7. The van der Waals surface area contributed by atoms with Gasteiger partial charge >= 0.3 is 12.0 Å². The lowest BCUT2D eigenvalue weighted by atomic mass is 9.84. The average Bonchev–Trinajstić information content (AvgIpc) is 3.49. The van der Waals surface area contributed by atoms with E-state index >= 15 is 0 Å². The van der Waals surface area contributed by atoms with Gasteiger partial charge in [0.1, 0.15) is 6.17 Å². The second-order valence-electron chi connectivity index (χ2n) is 9.90. The van der Waals surface area contributed by atoms with E-state index in [1.807, 2.05) is 12.1 Å². The van der Waals surface area contributed by atoms with Crippen LogP contribution in [0.2, 0.25) is 5.02 Å². The smallest absolute Gasteiger partial charge is 0.356 e. The number of anilines is 1. The molecule has 3 saturated heterocycles. The molecule has 188 valence electrons. The number of carbonyl (C=O) groups excluding carboxylic acids is 1. The van der Waals surface area contributed by atoms with Crippen molar-refractivity contribution in [3.8, 4) is 0 Å². The van der Waals surface area contributed by atoms with Gasteiger partial charge in [-0.25, -0.2) is 14.0 Å². The van der Waals surface area contributed by atoms with E-state index in [0.29, 0.717) is 44.0 Å². The second-order valence-corrected chi connectivity index (χ2v) is 10.3. The van der Waals surface area contributed by atoms with E-state index < -0.39 is 12.1 Å². The van der Waals surface area contributed by atoms with Gasteiger partial charge in [-0.15, -0.1) is 0 Å². The van der Waals surface area contributed by atoms with E-state index in [0.717, 1.165) is 49.1 Å². The standard InChI is InChI=1S/C25H31ClFN5O3/c26-19-3-2-18(22(16-19)29-11-4-20(27)5-12-29)17-31-10-1-7-25(31)8-14-30(15-9-25)24(35)32-13-6-21(28-32)23(33)34/h2-3,6,13,16,20H,1,4-5,7-12,14-15,17H2,(H,33,34). The van der Waals surface area contributed by atoms with E-state index in [-0.39, 0.29) is 17.3 Å². The molecule has 4 heterocycles. The molecule has 3 aliphatic rings. The fourth-order valence-electron chi connectivity index (χ4n) is 5.87. The molecule has 1 aromatic carbocycles. The Morgan fingerprint density at radius 3 is 2.51 bits per heavy atom. The third-order valence-electron chi connectivity index (χ3n) is 7.88.